The third-order valence-corrected chi connectivity index (χ3v) is 7.29. The van der Waals surface area contributed by atoms with Gasteiger partial charge < -0.3 is 15.2 Å². The molecular formula is C25H33N3O3S. The zero-order valence-corrected chi connectivity index (χ0v) is 19.5. The van der Waals surface area contributed by atoms with E-state index in [9.17, 15) is 15.0 Å². The SMILES string of the molecule is CCCCCCN(NCCc1ccc2[nH]c(=O)sc2c1)C1CCc2c(ccc(O)c2O)C1. The van der Waals surface area contributed by atoms with Crippen molar-refractivity contribution in [3.63, 3.8) is 0 Å². The number of phenols is 2. The second-order valence-electron chi connectivity index (χ2n) is 8.72. The number of phenolic OH excluding ortho intramolecular Hbond substituents is 2. The number of unbranched alkanes of at least 4 members (excludes halogenated alkanes) is 3. The molecule has 0 amide bonds. The van der Waals surface area contributed by atoms with Crippen molar-refractivity contribution in [2.24, 2.45) is 0 Å². The molecule has 0 saturated heterocycles. The van der Waals surface area contributed by atoms with E-state index in [-0.39, 0.29) is 16.4 Å². The monoisotopic (exact) mass is 455 g/mol. The van der Waals surface area contributed by atoms with Crippen molar-refractivity contribution in [1.82, 2.24) is 15.4 Å². The van der Waals surface area contributed by atoms with Gasteiger partial charge in [0.15, 0.2) is 11.5 Å². The molecule has 2 aromatic carbocycles. The number of rotatable bonds is 10. The van der Waals surface area contributed by atoms with Crippen molar-refractivity contribution < 1.29 is 10.2 Å². The third kappa shape index (κ3) is 5.34. The van der Waals surface area contributed by atoms with Gasteiger partial charge in [-0.1, -0.05) is 49.7 Å². The Morgan fingerprint density at radius 2 is 2.06 bits per heavy atom. The molecule has 1 unspecified atom stereocenters. The molecule has 4 N–H and O–H groups in total. The fraction of sp³-hybridized carbons (Fsp3) is 0.480. The van der Waals surface area contributed by atoms with Gasteiger partial charge in [0, 0.05) is 24.7 Å². The van der Waals surface area contributed by atoms with Gasteiger partial charge in [-0.2, -0.15) is 0 Å². The fourth-order valence-electron chi connectivity index (χ4n) is 4.66. The summed E-state index contributed by atoms with van der Waals surface area (Å²) < 4.78 is 1.01. The van der Waals surface area contributed by atoms with Gasteiger partial charge in [-0.15, -0.1) is 0 Å². The number of nitrogens with one attached hydrogen (secondary N) is 2. The summed E-state index contributed by atoms with van der Waals surface area (Å²) in [5.74, 6) is 0.0204. The highest BCUT2D eigenvalue weighted by molar-refractivity contribution is 7.16. The number of thiazole rings is 1. The highest BCUT2D eigenvalue weighted by atomic mass is 32.1. The van der Waals surface area contributed by atoms with Gasteiger partial charge in [0.05, 0.1) is 10.2 Å². The van der Waals surface area contributed by atoms with Crippen molar-refractivity contribution >= 4 is 21.6 Å². The van der Waals surface area contributed by atoms with Crippen LogP contribution in [0.25, 0.3) is 10.2 Å². The lowest BCUT2D eigenvalue weighted by Crippen LogP contribution is -2.49. The van der Waals surface area contributed by atoms with E-state index in [0.29, 0.717) is 6.04 Å². The van der Waals surface area contributed by atoms with E-state index in [2.05, 4.69) is 34.5 Å². The molecule has 0 fully saturated rings. The van der Waals surface area contributed by atoms with E-state index in [1.54, 1.807) is 6.07 Å². The van der Waals surface area contributed by atoms with Gasteiger partial charge in [0.25, 0.3) is 0 Å². The van der Waals surface area contributed by atoms with E-state index in [1.165, 1.54) is 36.2 Å². The van der Waals surface area contributed by atoms with Crippen molar-refractivity contribution in [1.29, 1.82) is 0 Å². The quantitative estimate of drug-likeness (QED) is 0.206. The average Bonchev–Trinajstić information content (AvgIpc) is 3.17. The summed E-state index contributed by atoms with van der Waals surface area (Å²) in [5.41, 5.74) is 7.83. The molecular weight excluding hydrogens is 422 g/mol. The normalized spacial score (nSPS) is 16.0. The first-order chi connectivity index (χ1) is 15.5. The Kier molecular flexibility index (Phi) is 7.50. The minimum Gasteiger partial charge on any atom is -0.504 e. The van der Waals surface area contributed by atoms with Gasteiger partial charge in [-0.25, -0.2) is 5.01 Å². The summed E-state index contributed by atoms with van der Waals surface area (Å²) in [6, 6.07) is 10.1. The second kappa shape index (κ2) is 10.5. The van der Waals surface area contributed by atoms with E-state index in [1.807, 2.05) is 12.1 Å². The number of nitrogens with zero attached hydrogens (tertiary/aromatic N) is 1. The number of hydrogen-bond donors (Lipinski definition) is 4. The first-order valence-electron chi connectivity index (χ1n) is 11.7. The predicted molar refractivity (Wildman–Crippen MR) is 131 cm³/mol. The highest BCUT2D eigenvalue weighted by Crippen LogP contribution is 2.36. The Morgan fingerprint density at radius 3 is 2.91 bits per heavy atom. The van der Waals surface area contributed by atoms with Crippen LogP contribution in [0, 0.1) is 0 Å². The first kappa shape index (κ1) is 22.8. The first-order valence-corrected chi connectivity index (χ1v) is 12.5. The number of aromatic amines is 1. The Balaban J connectivity index is 1.40. The third-order valence-electron chi connectivity index (χ3n) is 6.45. The van der Waals surface area contributed by atoms with Crippen molar-refractivity contribution in [3.8, 4) is 11.5 Å². The lowest BCUT2D eigenvalue weighted by Gasteiger charge is -2.36. The minimum absolute atomic E-state index is 0.00883. The van der Waals surface area contributed by atoms with Gasteiger partial charge in [-0.05, 0) is 61.4 Å². The summed E-state index contributed by atoms with van der Waals surface area (Å²) in [6.07, 6.45) is 8.36. The molecule has 1 aliphatic rings. The van der Waals surface area contributed by atoms with Crippen LogP contribution in [-0.2, 0) is 19.3 Å². The molecule has 0 spiro atoms. The van der Waals surface area contributed by atoms with Gasteiger partial charge in [-0.3, -0.25) is 10.2 Å². The predicted octanol–water partition coefficient (Wildman–Crippen LogP) is 4.49. The van der Waals surface area contributed by atoms with Gasteiger partial charge in [0.1, 0.15) is 0 Å². The summed E-state index contributed by atoms with van der Waals surface area (Å²) in [6.45, 7) is 4.07. The number of hydrogen-bond acceptors (Lipinski definition) is 6. The average molecular weight is 456 g/mol. The Hall–Kier alpha value is -2.35. The molecule has 1 aromatic heterocycles. The molecule has 1 aliphatic carbocycles. The Bertz CT molecular complexity index is 1110. The number of H-pyrrole nitrogens is 1. The topological polar surface area (TPSA) is 88.6 Å². The smallest absolute Gasteiger partial charge is 0.305 e. The van der Waals surface area contributed by atoms with E-state index >= 15 is 0 Å². The number of fused-ring (bicyclic) bond motifs is 2. The van der Waals surface area contributed by atoms with Crippen LogP contribution in [0.15, 0.2) is 35.1 Å². The summed E-state index contributed by atoms with van der Waals surface area (Å²) in [4.78, 5) is 14.4. The fourth-order valence-corrected chi connectivity index (χ4v) is 5.46. The molecule has 3 aromatic rings. The number of aromatic nitrogens is 1. The van der Waals surface area contributed by atoms with Gasteiger partial charge in [0.2, 0.25) is 0 Å². The summed E-state index contributed by atoms with van der Waals surface area (Å²) in [5, 5.41) is 22.4. The van der Waals surface area contributed by atoms with E-state index in [0.717, 1.165) is 66.5 Å². The lowest BCUT2D eigenvalue weighted by molar-refractivity contribution is 0.109. The minimum atomic E-state index is -0.0267. The molecule has 6 nitrogen and oxygen atoms in total. The Morgan fingerprint density at radius 1 is 1.19 bits per heavy atom. The molecule has 0 radical (unpaired) electrons. The maximum absolute atomic E-state index is 11.6. The largest absolute Gasteiger partial charge is 0.504 e. The van der Waals surface area contributed by atoms with Crippen LogP contribution in [-0.4, -0.2) is 39.3 Å². The molecule has 0 bridgehead atoms. The molecule has 0 aliphatic heterocycles. The molecule has 0 saturated carbocycles. The number of aromatic hydroxyl groups is 2. The summed E-state index contributed by atoms with van der Waals surface area (Å²) in [7, 11) is 0. The standard InChI is InChI=1S/C25H33N3O3S/c1-2-3-4-5-14-28(19-8-9-20-18(16-19)7-11-22(29)24(20)30)26-13-12-17-6-10-21-23(15-17)32-25(31)27-21/h6-7,10-11,15,19,26,29-30H,2-5,8-9,12-14,16H2,1H3,(H,27,31). The maximum atomic E-state index is 11.6. The van der Waals surface area contributed by atoms with Crippen molar-refractivity contribution in [2.75, 3.05) is 13.1 Å². The second-order valence-corrected chi connectivity index (χ2v) is 9.74. The van der Waals surface area contributed by atoms with Crippen LogP contribution < -0.4 is 10.3 Å². The van der Waals surface area contributed by atoms with E-state index < -0.39 is 0 Å². The Labute approximate surface area is 192 Å². The lowest BCUT2D eigenvalue weighted by atomic mass is 9.87. The van der Waals surface area contributed by atoms with Crippen LogP contribution in [0.2, 0.25) is 0 Å². The molecule has 1 atom stereocenters. The van der Waals surface area contributed by atoms with Gasteiger partial charge >= 0.3 is 4.87 Å². The van der Waals surface area contributed by atoms with Crippen LogP contribution >= 0.6 is 11.3 Å². The van der Waals surface area contributed by atoms with Crippen LogP contribution in [0.4, 0.5) is 0 Å². The number of benzene rings is 2. The van der Waals surface area contributed by atoms with Crippen LogP contribution in [0.1, 0.15) is 55.7 Å². The summed E-state index contributed by atoms with van der Waals surface area (Å²) >= 11 is 1.26. The molecule has 4 rings (SSSR count). The molecule has 172 valence electrons. The van der Waals surface area contributed by atoms with Crippen molar-refractivity contribution in [2.45, 2.75) is 64.3 Å². The molecule has 7 heteroatoms. The van der Waals surface area contributed by atoms with E-state index in [4.69, 9.17) is 0 Å². The zero-order valence-electron chi connectivity index (χ0n) is 18.7. The van der Waals surface area contributed by atoms with Crippen molar-refractivity contribution in [3.05, 3.63) is 56.7 Å². The van der Waals surface area contributed by atoms with Crippen LogP contribution in [0.3, 0.4) is 0 Å². The zero-order chi connectivity index (χ0) is 22.5. The van der Waals surface area contributed by atoms with Crippen LogP contribution in [0.5, 0.6) is 11.5 Å². The number of hydrazine groups is 1. The maximum Gasteiger partial charge on any atom is 0.305 e. The molecule has 1 heterocycles. The highest BCUT2D eigenvalue weighted by Gasteiger charge is 2.26. The molecule has 32 heavy (non-hydrogen) atoms.